The predicted molar refractivity (Wildman–Crippen MR) is 69.8 cm³/mol. The van der Waals surface area contributed by atoms with Crippen molar-refractivity contribution in [3.8, 4) is 0 Å². The van der Waals surface area contributed by atoms with Gasteiger partial charge >= 0.3 is 5.69 Å². The molecule has 0 aliphatic carbocycles. The number of hydrogen-bond acceptors (Lipinski definition) is 5. The Balaban J connectivity index is 2.40. The van der Waals surface area contributed by atoms with Gasteiger partial charge in [0.2, 0.25) is 5.82 Å². The molecule has 18 heavy (non-hydrogen) atoms. The van der Waals surface area contributed by atoms with Gasteiger partial charge in [-0.25, -0.2) is 4.98 Å². The highest BCUT2D eigenvalue weighted by Crippen LogP contribution is 2.28. The normalized spacial score (nSPS) is 10.4. The van der Waals surface area contributed by atoms with Gasteiger partial charge in [-0.2, -0.15) is 5.10 Å². The molecule has 8 heteroatoms. The van der Waals surface area contributed by atoms with E-state index in [1.54, 1.807) is 17.9 Å². The topological polar surface area (TPSA) is 85.9 Å². The van der Waals surface area contributed by atoms with Crippen molar-refractivity contribution >= 4 is 33.1 Å². The van der Waals surface area contributed by atoms with E-state index in [-0.39, 0.29) is 11.5 Å². The molecule has 0 aromatic carbocycles. The SMILES string of the molecule is Cc1nn(C)cc1Nc1ncc(Br)cc1[N+](=O)[O-]. The molecule has 0 atom stereocenters. The number of hydrogen-bond donors (Lipinski definition) is 1. The Labute approximate surface area is 111 Å². The number of aromatic nitrogens is 3. The van der Waals surface area contributed by atoms with Gasteiger partial charge in [-0.15, -0.1) is 0 Å². The lowest BCUT2D eigenvalue weighted by atomic mass is 10.3. The third-order valence-corrected chi connectivity index (χ3v) is 2.73. The summed E-state index contributed by atoms with van der Waals surface area (Å²) in [6.07, 6.45) is 3.24. The molecule has 2 aromatic rings. The van der Waals surface area contributed by atoms with Crippen molar-refractivity contribution in [3.05, 3.63) is 38.7 Å². The van der Waals surface area contributed by atoms with Crippen LogP contribution in [0.2, 0.25) is 0 Å². The zero-order chi connectivity index (χ0) is 13.3. The highest BCUT2D eigenvalue weighted by molar-refractivity contribution is 9.10. The third-order valence-electron chi connectivity index (χ3n) is 2.30. The van der Waals surface area contributed by atoms with Crippen LogP contribution in [0.25, 0.3) is 0 Å². The van der Waals surface area contributed by atoms with E-state index in [9.17, 15) is 10.1 Å². The van der Waals surface area contributed by atoms with Crippen LogP contribution in [-0.4, -0.2) is 19.7 Å². The van der Waals surface area contributed by atoms with Gasteiger partial charge in [0.25, 0.3) is 0 Å². The largest absolute Gasteiger partial charge is 0.332 e. The first-order valence-electron chi connectivity index (χ1n) is 5.04. The Kier molecular flexibility index (Phi) is 3.28. The lowest BCUT2D eigenvalue weighted by Gasteiger charge is -2.04. The highest BCUT2D eigenvalue weighted by atomic mass is 79.9. The standard InChI is InChI=1S/C10H10BrN5O2/c1-6-8(5-15(2)14-6)13-10-9(16(17)18)3-7(11)4-12-10/h3-5H,1-2H3,(H,12,13). The van der Waals surface area contributed by atoms with Crippen LogP contribution in [0, 0.1) is 17.0 Å². The smallest absolute Gasteiger partial charge is 0.312 e. The first-order valence-corrected chi connectivity index (χ1v) is 5.84. The Morgan fingerprint density at radius 1 is 1.56 bits per heavy atom. The van der Waals surface area contributed by atoms with Gasteiger partial charge in [0.1, 0.15) is 0 Å². The molecule has 0 aliphatic rings. The van der Waals surface area contributed by atoms with E-state index in [4.69, 9.17) is 0 Å². The van der Waals surface area contributed by atoms with Crippen molar-refractivity contribution in [1.82, 2.24) is 14.8 Å². The van der Waals surface area contributed by atoms with Crippen LogP contribution in [0.3, 0.4) is 0 Å². The van der Waals surface area contributed by atoms with Gasteiger partial charge in [0, 0.05) is 30.0 Å². The summed E-state index contributed by atoms with van der Waals surface area (Å²) in [6.45, 7) is 1.81. The quantitative estimate of drug-likeness (QED) is 0.695. The second-order valence-corrected chi connectivity index (χ2v) is 4.62. The number of nitrogens with zero attached hydrogens (tertiary/aromatic N) is 4. The monoisotopic (exact) mass is 311 g/mol. The van der Waals surface area contributed by atoms with Crippen molar-refractivity contribution in [2.75, 3.05) is 5.32 Å². The maximum atomic E-state index is 10.9. The molecule has 2 aromatic heterocycles. The summed E-state index contributed by atoms with van der Waals surface area (Å²) >= 11 is 3.16. The molecule has 7 nitrogen and oxygen atoms in total. The summed E-state index contributed by atoms with van der Waals surface area (Å²) in [6, 6.07) is 1.40. The average Bonchev–Trinajstić information content (AvgIpc) is 2.60. The molecule has 0 saturated carbocycles. The van der Waals surface area contributed by atoms with Crippen LogP contribution in [0.5, 0.6) is 0 Å². The molecule has 0 radical (unpaired) electrons. The molecule has 1 N–H and O–H groups in total. The Morgan fingerprint density at radius 2 is 2.28 bits per heavy atom. The van der Waals surface area contributed by atoms with Crippen molar-refractivity contribution in [2.45, 2.75) is 6.92 Å². The summed E-state index contributed by atoms with van der Waals surface area (Å²) in [7, 11) is 1.78. The van der Waals surface area contributed by atoms with Crippen LogP contribution in [0.15, 0.2) is 22.9 Å². The van der Waals surface area contributed by atoms with E-state index >= 15 is 0 Å². The van der Waals surface area contributed by atoms with Gasteiger partial charge in [0.15, 0.2) is 0 Å². The zero-order valence-corrected chi connectivity index (χ0v) is 11.3. The molecule has 2 rings (SSSR count). The van der Waals surface area contributed by atoms with Crippen molar-refractivity contribution < 1.29 is 4.92 Å². The van der Waals surface area contributed by atoms with Crippen LogP contribution < -0.4 is 5.32 Å². The molecule has 0 aliphatic heterocycles. The number of anilines is 2. The lowest BCUT2D eigenvalue weighted by Crippen LogP contribution is -1.99. The molecule has 0 spiro atoms. The molecular formula is C10H10BrN5O2. The third kappa shape index (κ3) is 2.48. The van der Waals surface area contributed by atoms with E-state index in [1.165, 1.54) is 12.3 Å². The van der Waals surface area contributed by atoms with Gasteiger partial charge in [0.05, 0.1) is 16.3 Å². The summed E-state index contributed by atoms with van der Waals surface area (Å²) in [5.74, 6) is 0.194. The summed E-state index contributed by atoms with van der Waals surface area (Å²) in [4.78, 5) is 14.5. The molecule has 2 heterocycles. The van der Waals surface area contributed by atoms with Gasteiger partial charge in [-0.1, -0.05) is 0 Å². The van der Waals surface area contributed by atoms with E-state index in [1.807, 2.05) is 6.92 Å². The van der Waals surface area contributed by atoms with Gasteiger partial charge in [-0.05, 0) is 22.9 Å². The molecule has 94 valence electrons. The molecule has 0 fully saturated rings. The minimum absolute atomic E-state index is 0.0902. The highest BCUT2D eigenvalue weighted by Gasteiger charge is 2.17. The summed E-state index contributed by atoms with van der Waals surface area (Å²) in [5.41, 5.74) is 1.35. The number of nitro groups is 1. The van der Waals surface area contributed by atoms with E-state index in [2.05, 4.69) is 31.3 Å². The maximum absolute atomic E-state index is 10.9. The van der Waals surface area contributed by atoms with Gasteiger partial charge in [-0.3, -0.25) is 14.8 Å². The fourth-order valence-corrected chi connectivity index (χ4v) is 1.83. The molecule has 0 unspecified atom stereocenters. The number of nitrogens with one attached hydrogen (secondary N) is 1. The first-order chi connectivity index (χ1) is 8.47. The molecule has 0 saturated heterocycles. The van der Waals surface area contributed by atoms with Crippen molar-refractivity contribution in [1.29, 1.82) is 0 Å². The molecule has 0 amide bonds. The Bertz CT molecular complexity index is 610. The second kappa shape index (κ2) is 4.73. The summed E-state index contributed by atoms with van der Waals surface area (Å²) in [5, 5.41) is 18.0. The summed E-state index contributed by atoms with van der Waals surface area (Å²) < 4.78 is 2.19. The Hall–Kier alpha value is -1.96. The van der Waals surface area contributed by atoms with Crippen LogP contribution in [0.1, 0.15) is 5.69 Å². The predicted octanol–water partition coefficient (Wildman–Crippen LogP) is 2.54. The second-order valence-electron chi connectivity index (χ2n) is 3.71. The molecular weight excluding hydrogens is 302 g/mol. The van der Waals surface area contributed by atoms with Crippen LogP contribution in [0.4, 0.5) is 17.2 Å². The van der Waals surface area contributed by atoms with Gasteiger partial charge < -0.3 is 5.32 Å². The fourth-order valence-electron chi connectivity index (χ4n) is 1.51. The Morgan fingerprint density at radius 3 is 2.83 bits per heavy atom. The maximum Gasteiger partial charge on any atom is 0.312 e. The number of aryl methyl sites for hydroxylation is 2. The van der Waals surface area contributed by atoms with Crippen molar-refractivity contribution in [3.63, 3.8) is 0 Å². The van der Waals surface area contributed by atoms with E-state index < -0.39 is 4.92 Å². The minimum atomic E-state index is -0.480. The lowest BCUT2D eigenvalue weighted by molar-refractivity contribution is -0.384. The van der Waals surface area contributed by atoms with E-state index in [0.717, 1.165) is 5.69 Å². The zero-order valence-electron chi connectivity index (χ0n) is 9.72. The number of rotatable bonds is 3. The van der Waals surface area contributed by atoms with Crippen LogP contribution in [-0.2, 0) is 7.05 Å². The van der Waals surface area contributed by atoms with Crippen LogP contribution >= 0.6 is 15.9 Å². The number of pyridine rings is 1. The molecule has 0 bridgehead atoms. The minimum Gasteiger partial charge on any atom is -0.332 e. The number of halogens is 1. The fraction of sp³-hybridized carbons (Fsp3) is 0.200. The van der Waals surface area contributed by atoms with Crippen molar-refractivity contribution in [2.24, 2.45) is 7.05 Å². The average molecular weight is 312 g/mol. The first kappa shape index (κ1) is 12.5. The van der Waals surface area contributed by atoms with E-state index in [0.29, 0.717) is 10.2 Å².